The van der Waals surface area contributed by atoms with Gasteiger partial charge in [-0.2, -0.15) is 0 Å². The third-order valence-electron chi connectivity index (χ3n) is 3.20. The molecule has 1 amide bonds. The summed E-state index contributed by atoms with van der Waals surface area (Å²) in [7, 11) is 0. The molecule has 0 bridgehead atoms. The molecule has 0 aliphatic carbocycles. The minimum atomic E-state index is -0.747. The number of halogens is 3. The third-order valence-corrected chi connectivity index (χ3v) is 4.45. The zero-order valence-corrected chi connectivity index (χ0v) is 17.7. The van der Waals surface area contributed by atoms with Crippen molar-refractivity contribution < 1.29 is 18.8 Å². The fourth-order valence-electron chi connectivity index (χ4n) is 2.05. The number of carbonyl (C=O) groups is 1. The Balaban J connectivity index is 1.96. The van der Waals surface area contributed by atoms with Crippen molar-refractivity contribution in [3.8, 4) is 5.75 Å². The summed E-state index contributed by atoms with van der Waals surface area (Å²) in [5.41, 5.74) is 0.275. The van der Waals surface area contributed by atoms with E-state index in [4.69, 9.17) is 17.0 Å². The third kappa shape index (κ3) is 5.94. The summed E-state index contributed by atoms with van der Waals surface area (Å²) in [6.07, 6.45) is 0. The Morgan fingerprint density at radius 1 is 1.33 bits per heavy atom. The van der Waals surface area contributed by atoms with Gasteiger partial charge in [-0.1, -0.05) is 15.9 Å². The lowest BCUT2D eigenvalue weighted by Crippen LogP contribution is -2.37. The van der Waals surface area contributed by atoms with Crippen LogP contribution in [0.25, 0.3) is 0 Å². The van der Waals surface area contributed by atoms with E-state index in [0.717, 1.165) is 28.2 Å². The molecule has 0 saturated carbocycles. The highest BCUT2D eigenvalue weighted by Gasteiger charge is 2.14. The van der Waals surface area contributed by atoms with Gasteiger partial charge in [0, 0.05) is 16.6 Å². The monoisotopic (exact) mass is 519 g/mol. The topological polar surface area (TPSA) is 93.5 Å². The Kier molecular flexibility index (Phi) is 7.22. The summed E-state index contributed by atoms with van der Waals surface area (Å²) < 4.78 is 20.7. The molecule has 0 aliphatic rings. The maximum atomic E-state index is 13.7. The van der Waals surface area contributed by atoms with E-state index in [0.29, 0.717) is 10.2 Å². The molecule has 0 spiro atoms. The number of nitro groups is 1. The molecule has 0 aromatic heterocycles. The smallest absolute Gasteiger partial charge is 0.271 e. The molecule has 0 fully saturated rings. The summed E-state index contributed by atoms with van der Waals surface area (Å²) in [6.45, 7) is 1.49. The molecule has 2 N–H and O–H groups in total. The lowest BCUT2D eigenvalue weighted by atomic mass is 10.2. The highest BCUT2D eigenvalue weighted by molar-refractivity contribution is 9.11. The van der Waals surface area contributed by atoms with Crippen molar-refractivity contribution in [3.63, 3.8) is 0 Å². The van der Waals surface area contributed by atoms with Gasteiger partial charge >= 0.3 is 0 Å². The van der Waals surface area contributed by atoms with Gasteiger partial charge < -0.3 is 10.1 Å². The maximum Gasteiger partial charge on any atom is 0.271 e. The molecule has 0 unspecified atom stereocenters. The molecule has 0 atom stereocenters. The quantitative estimate of drug-likeness (QED) is 0.343. The molecule has 0 heterocycles. The van der Waals surface area contributed by atoms with Crippen LogP contribution in [0.1, 0.15) is 5.56 Å². The Bertz CT molecular complexity index is 904. The molecule has 2 aromatic rings. The number of amides is 1. The van der Waals surface area contributed by atoms with Gasteiger partial charge in [0.05, 0.1) is 15.1 Å². The molecular weight excluding hydrogens is 509 g/mol. The number of aryl methyl sites for hydroxylation is 1. The van der Waals surface area contributed by atoms with E-state index in [1.54, 1.807) is 6.07 Å². The molecule has 27 heavy (non-hydrogen) atoms. The van der Waals surface area contributed by atoms with Crippen LogP contribution in [0.4, 0.5) is 15.8 Å². The predicted molar refractivity (Wildman–Crippen MR) is 109 cm³/mol. The average Bonchev–Trinajstić information content (AvgIpc) is 2.55. The Labute approximate surface area is 175 Å². The van der Waals surface area contributed by atoms with Crippen molar-refractivity contribution in [2.75, 3.05) is 11.9 Å². The predicted octanol–water partition coefficient (Wildman–Crippen LogP) is 4.46. The number of hydrogen-bond donors (Lipinski definition) is 2. The second-order valence-electron chi connectivity index (χ2n) is 5.25. The number of anilines is 1. The fraction of sp³-hybridized carbons (Fsp3) is 0.125. The van der Waals surface area contributed by atoms with Crippen LogP contribution in [0, 0.1) is 22.9 Å². The van der Waals surface area contributed by atoms with Crippen molar-refractivity contribution in [1.82, 2.24) is 5.32 Å². The van der Waals surface area contributed by atoms with Crippen molar-refractivity contribution in [2.24, 2.45) is 0 Å². The standard InChI is InChI=1S/C16H12Br2FN3O4S/c1-8-4-9(17)5-11(18)15(8)26-7-14(23)21-16(27)20-13-6-10(22(24)25)2-3-12(13)19/h2-6H,7H2,1H3,(H2,20,21,23,27). The first-order valence-corrected chi connectivity index (χ1v) is 9.30. The number of carbonyl (C=O) groups excluding carboxylic acids is 1. The Morgan fingerprint density at radius 2 is 2.04 bits per heavy atom. The molecule has 142 valence electrons. The van der Waals surface area contributed by atoms with Crippen molar-refractivity contribution in [1.29, 1.82) is 0 Å². The first-order chi connectivity index (χ1) is 12.7. The number of thiocarbonyl (C=S) groups is 1. The first kappa shape index (κ1) is 21.2. The molecule has 0 saturated heterocycles. The molecule has 2 rings (SSSR count). The van der Waals surface area contributed by atoms with Crippen LogP contribution in [0.5, 0.6) is 5.75 Å². The van der Waals surface area contributed by atoms with Crippen LogP contribution in [0.3, 0.4) is 0 Å². The number of hydrogen-bond acceptors (Lipinski definition) is 5. The number of nitro benzene ring substituents is 1. The summed E-state index contributed by atoms with van der Waals surface area (Å²) in [6, 6.07) is 6.54. The minimum Gasteiger partial charge on any atom is -0.482 e. The van der Waals surface area contributed by atoms with Crippen LogP contribution in [0.2, 0.25) is 0 Å². The van der Waals surface area contributed by atoms with Crippen molar-refractivity contribution in [3.05, 3.63) is 60.8 Å². The highest BCUT2D eigenvalue weighted by Crippen LogP contribution is 2.32. The van der Waals surface area contributed by atoms with Gasteiger partial charge in [-0.3, -0.25) is 20.2 Å². The van der Waals surface area contributed by atoms with E-state index >= 15 is 0 Å². The molecule has 0 radical (unpaired) electrons. The lowest BCUT2D eigenvalue weighted by molar-refractivity contribution is -0.384. The Hall–Kier alpha value is -2.11. The number of nitrogens with one attached hydrogen (secondary N) is 2. The van der Waals surface area contributed by atoms with Crippen LogP contribution < -0.4 is 15.4 Å². The van der Waals surface area contributed by atoms with Gasteiger partial charge in [0.25, 0.3) is 11.6 Å². The van der Waals surface area contributed by atoms with Crippen LogP contribution >= 0.6 is 44.1 Å². The van der Waals surface area contributed by atoms with Crippen molar-refractivity contribution >= 4 is 66.5 Å². The van der Waals surface area contributed by atoms with E-state index in [-0.39, 0.29) is 23.1 Å². The van der Waals surface area contributed by atoms with Crippen LogP contribution in [0.15, 0.2) is 39.3 Å². The summed E-state index contributed by atoms with van der Waals surface area (Å²) in [5, 5.41) is 15.3. The number of non-ortho nitro benzene ring substituents is 1. The number of benzene rings is 2. The second-order valence-corrected chi connectivity index (χ2v) is 7.42. The SMILES string of the molecule is Cc1cc(Br)cc(Br)c1OCC(=O)NC(=S)Nc1cc([N+](=O)[O-])ccc1F. The molecule has 2 aromatic carbocycles. The number of ether oxygens (including phenoxy) is 1. The number of nitrogens with zero attached hydrogens (tertiary/aromatic N) is 1. The Morgan fingerprint density at radius 3 is 2.67 bits per heavy atom. The van der Waals surface area contributed by atoms with E-state index in [2.05, 4.69) is 42.5 Å². The average molecular weight is 521 g/mol. The lowest BCUT2D eigenvalue weighted by Gasteiger charge is -2.13. The zero-order chi connectivity index (χ0) is 20.1. The van der Waals surface area contributed by atoms with Gasteiger partial charge in [-0.25, -0.2) is 4.39 Å². The van der Waals surface area contributed by atoms with Crippen molar-refractivity contribution in [2.45, 2.75) is 6.92 Å². The second kappa shape index (κ2) is 9.20. The number of rotatable bonds is 5. The summed E-state index contributed by atoms with van der Waals surface area (Å²) >= 11 is 11.6. The van der Waals surface area contributed by atoms with Gasteiger partial charge in [0.2, 0.25) is 0 Å². The van der Waals surface area contributed by atoms with E-state index < -0.39 is 16.6 Å². The maximum absolute atomic E-state index is 13.7. The highest BCUT2D eigenvalue weighted by atomic mass is 79.9. The van der Waals surface area contributed by atoms with Crippen LogP contribution in [-0.2, 0) is 4.79 Å². The normalized spacial score (nSPS) is 10.2. The summed E-state index contributed by atoms with van der Waals surface area (Å²) in [5.74, 6) is -0.826. The molecule has 11 heteroatoms. The largest absolute Gasteiger partial charge is 0.482 e. The van der Waals surface area contributed by atoms with Crippen LogP contribution in [-0.4, -0.2) is 22.5 Å². The summed E-state index contributed by atoms with van der Waals surface area (Å²) in [4.78, 5) is 22.1. The van der Waals surface area contributed by atoms with Gasteiger partial charge in [-0.15, -0.1) is 0 Å². The van der Waals surface area contributed by atoms with Gasteiger partial charge in [-0.05, 0) is 58.8 Å². The van der Waals surface area contributed by atoms with Gasteiger partial charge in [0.1, 0.15) is 11.6 Å². The molecule has 0 aliphatic heterocycles. The van der Waals surface area contributed by atoms with E-state index in [1.165, 1.54) is 0 Å². The fourth-order valence-corrected chi connectivity index (χ4v) is 3.83. The molecule has 7 nitrogen and oxygen atoms in total. The zero-order valence-electron chi connectivity index (χ0n) is 13.7. The van der Waals surface area contributed by atoms with E-state index in [1.807, 2.05) is 13.0 Å². The first-order valence-electron chi connectivity index (χ1n) is 7.30. The molecular formula is C16H12Br2FN3O4S. The van der Waals surface area contributed by atoms with E-state index in [9.17, 15) is 19.3 Å². The minimum absolute atomic E-state index is 0.213. The van der Waals surface area contributed by atoms with Gasteiger partial charge in [0.15, 0.2) is 11.7 Å².